The molecular weight excluding hydrogens is 356 g/mol. The van der Waals surface area contributed by atoms with Crippen LogP contribution in [0.3, 0.4) is 0 Å². The minimum absolute atomic E-state index is 0.0932. The van der Waals surface area contributed by atoms with E-state index < -0.39 is 0 Å². The monoisotopic (exact) mass is 374 g/mol. The fourth-order valence-corrected chi connectivity index (χ4v) is 3.70. The Kier molecular flexibility index (Phi) is 3.89. The van der Waals surface area contributed by atoms with Crippen LogP contribution in [0.25, 0.3) is 17.0 Å². The molecule has 1 atom stereocenters. The fraction of sp³-hybridized carbons (Fsp3) is 0.250. The molecule has 28 heavy (non-hydrogen) atoms. The third kappa shape index (κ3) is 2.65. The van der Waals surface area contributed by atoms with Gasteiger partial charge in [0.25, 0.3) is 5.91 Å². The molecular formula is C20H18N6O2. The second-order valence-electron chi connectivity index (χ2n) is 6.84. The predicted octanol–water partition coefficient (Wildman–Crippen LogP) is 3.07. The number of likely N-dealkylation sites (tertiary alicyclic amines) is 1. The van der Waals surface area contributed by atoms with E-state index in [2.05, 4.69) is 20.2 Å². The molecule has 1 saturated heterocycles. The van der Waals surface area contributed by atoms with Gasteiger partial charge >= 0.3 is 0 Å². The van der Waals surface area contributed by atoms with Crippen LogP contribution in [0.4, 0.5) is 0 Å². The highest BCUT2D eigenvalue weighted by molar-refractivity contribution is 5.95. The van der Waals surface area contributed by atoms with Crippen LogP contribution in [-0.2, 0) is 0 Å². The summed E-state index contributed by atoms with van der Waals surface area (Å²) in [5, 5.41) is 8.34. The van der Waals surface area contributed by atoms with Crippen LogP contribution in [0.5, 0.6) is 0 Å². The van der Waals surface area contributed by atoms with Crippen LogP contribution in [0, 0.1) is 6.92 Å². The Bertz CT molecular complexity index is 1150. The van der Waals surface area contributed by atoms with Crippen LogP contribution in [0.2, 0.25) is 0 Å². The number of aryl methyl sites for hydroxylation is 1. The van der Waals surface area contributed by atoms with Crippen molar-refractivity contribution in [3.05, 3.63) is 65.9 Å². The first-order valence-electron chi connectivity index (χ1n) is 9.22. The maximum atomic E-state index is 13.2. The SMILES string of the molecule is Cc1c(C(=O)N2CCC[C@@H]2c2nc(-c3ccccc3)no2)cnc2ccnn12. The first-order chi connectivity index (χ1) is 13.7. The number of aromatic nitrogens is 5. The summed E-state index contributed by atoms with van der Waals surface area (Å²) >= 11 is 0. The van der Waals surface area contributed by atoms with Crippen molar-refractivity contribution in [2.45, 2.75) is 25.8 Å². The largest absolute Gasteiger partial charge is 0.337 e. The van der Waals surface area contributed by atoms with Crippen molar-refractivity contribution in [3.63, 3.8) is 0 Å². The number of hydrogen-bond donors (Lipinski definition) is 0. The number of carbonyl (C=O) groups is 1. The lowest BCUT2D eigenvalue weighted by Gasteiger charge is -2.22. The molecule has 0 spiro atoms. The first-order valence-corrected chi connectivity index (χ1v) is 9.22. The molecule has 1 aliphatic heterocycles. The lowest BCUT2D eigenvalue weighted by molar-refractivity contribution is 0.0708. The van der Waals surface area contributed by atoms with Crippen molar-refractivity contribution in [3.8, 4) is 11.4 Å². The van der Waals surface area contributed by atoms with Crippen LogP contribution in [0.1, 0.15) is 40.8 Å². The summed E-state index contributed by atoms with van der Waals surface area (Å²) in [7, 11) is 0. The van der Waals surface area contributed by atoms with E-state index in [4.69, 9.17) is 4.52 Å². The summed E-state index contributed by atoms with van der Waals surface area (Å²) in [4.78, 5) is 23.9. The average molecular weight is 374 g/mol. The number of benzene rings is 1. The third-order valence-corrected chi connectivity index (χ3v) is 5.16. The van der Waals surface area contributed by atoms with Crippen molar-refractivity contribution in [2.24, 2.45) is 0 Å². The van der Waals surface area contributed by atoms with E-state index in [-0.39, 0.29) is 11.9 Å². The number of rotatable bonds is 3. The Morgan fingerprint density at radius 3 is 2.93 bits per heavy atom. The highest BCUT2D eigenvalue weighted by Gasteiger charge is 2.35. The molecule has 1 amide bonds. The van der Waals surface area contributed by atoms with E-state index in [0.717, 1.165) is 29.7 Å². The van der Waals surface area contributed by atoms with Crippen molar-refractivity contribution in [2.75, 3.05) is 6.54 Å². The van der Waals surface area contributed by atoms with Gasteiger partial charge in [0, 0.05) is 24.4 Å². The quantitative estimate of drug-likeness (QED) is 0.547. The summed E-state index contributed by atoms with van der Waals surface area (Å²) in [5.41, 5.74) is 2.90. The Labute approximate surface area is 160 Å². The summed E-state index contributed by atoms with van der Waals surface area (Å²) in [5.74, 6) is 0.908. The summed E-state index contributed by atoms with van der Waals surface area (Å²) < 4.78 is 7.20. The maximum absolute atomic E-state index is 13.2. The molecule has 5 rings (SSSR count). The Morgan fingerprint density at radius 2 is 2.07 bits per heavy atom. The van der Waals surface area contributed by atoms with Gasteiger partial charge in [-0.2, -0.15) is 10.1 Å². The minimum atomic E-state index is -0.231. The van der Waals surface area contributed by atoms with E-state index in [1.165, 1.54) is 0 Å². The molecule has 0 bridgehead atoms. The molecule has 4 heterocycles. The van der Waals surface area contributed by atoms with Gasteiger partial charge in [-0.25, -0.2) is 9.50 Å². The van der Waals surface area contributed by atoms with Crippen molar-refractivity contribution < 1.29 is 9.32 Å². The number of fused-ring (bicyclic) bond motifs is 1. The highest BCUT2D eigenvalue weighted by Crippen LogP contribution is 2.33. The Morgan fingerprint density at radius 1 is 1.21 bits per heavy atom. The zero-order chi connectivity index (χ0) is 19.1. The number of hydrogen-bond acceptors (Lipinski definition) is 6. The standard InChI is InChI=1S/C20H18N6O2/c1-13-15(12-21-17-9-10-22-26(13)17)20(27)25-11-5-8-16(25)19-23-18(24-28-19)14-6-3-2-4-7-14/h2-4,6-7,9-10,12,16H,5,8,11H2,1H3/t16-/m1/s1. The maximum Gasteiger partial charge on any atom is 0.257 e. The van der Waals surface area contributed by atoms with Crippen molar-refractivity contribution >= 4 is 11.6 Å². The smallest absolute Gasteiger partial charge is 0.257 e. The van der Waals surface area contributed by atoms with E-state index in [9.17, 15) is 4.79 Å². The van der Waals surface area contributed by atoms with Crippen LogP contribution < -0.4 is 0 Å². The summed E-state index contributed by atoms with van der Waals surface area (Å²) in [6, 6.07) is 11.2. The molecule has 8 heteroatoms. The van der Waals surface area contributed by atoms with Gasteiger partial charge in [-0.3, -0.25) is 4.79 Å². The lowest BCUT2D eigenvalue weighted by Crippen LogP contribution is -2.31. The topological polar surface area (TPSA) is 89.4 Å². The van der Waals surface area contributed by atoms with Gasteiger partial charge in [0.15, 0.2) is 5.65 Å². The summed E-state index contributed by atoms with van der Waals surface area (Å²) in [6.45, 7) is 2.52. The average Bonchev–Trinajstić information content (AvgIpc) is 3.47. The number of amides is 1. The van der Waals surface area contributed by atoms with Crippen molar-refractivity contribution in [1.29, 1.82) is 0 Å². The molecule has 1 fully saturated rings. The van der Waals surface area contributed by atoms with E-state index in [1.54, 1.807) is 21.8 Å². The van der Waals surface area contributed by atoms with E-state index >= 15 is 0 Å². The Balaban J connectivity index is 1.46. The molecule has 3 aromatic heterocycles. The zero-order valence-corrected chi connectivity index (χ0v) is 15.3. The molecule has 1 aromatic carbocycles. The lowest BCUT2D eigenvalue weighted by atomic mass is 10.1. The van der Waals surface area contributed by atoms with Gasteiger partial charge < -0.3 is 9.42 Å². The van der Waals surface area contributed by atoms with Gasteiger partial charge in [-0.15, -0.1) is 0 Å². The minimum Gasteiger partial charge on any atom is -0.337 e. The molecule has 8 nitrogen and oxygen atoms in total. The van der Waals surface area contributed by atoms with Gasteiger partial charge in [-0.05, 0) is 19.8 Å². The second-order valence-corrected chi connectivity index (χ2v) is 6.84. The van der Waals surface area contributed by atoms with Crippen LogP contribution in [-0.4, -0.2) is 42.1 Å². The molecule has 0 aliphatic carbocycles. The van der Waals surface area contributed by atoms with Gasteiger partial charge in [0.2, 0.25) is 11.7 Å². The van der Waals surface area contributed by atoms with E-state index in [0.29, 0.717) is 23.8 Å². The first kappa shape index (κ1) is 16.6. The van der Waals surface area contributed by atoms with Gasteiger partial charge in [-0.1, -0.05) is 35.5 Å². The van der Waals surface area contributed by atoms with Crippen molar-refractivity contribution in [1.82, 2.24) is 29.6 Å². The van der Waals surface area contributed by atoms with Gasteiger partial charge in [0.1, 0.15) is 6.04 Å². The molecule has 0 N–H and O–H groups in total. The molecule has 0 unspecified atom stereocenters. The van der Waals surface area contributed by atoms with Crippen LogP contribution >= 0.6 is 0 Å². The fourth-order valence-electron chi connectivity index (χ4n) is 3.70. The number of nitrogens with zero attached hydrogens (tertiary/aromatic N) is 6. The molecule has 0 saturated carbocycles. The zero-order valence-electron chi connectivity index (χ0n) is 15.3. The van der Waals surface area contributed by atoms with E-state index in [1.807, 2.05) is 43.3 Å². The van der Waals surface area contributed by atoms with Gasteiger partial charge in [0.05, 0.1) is 17.5 Å². The molecule has 4 aromatic rings. The molecule has 140 valence electrons. The Hall–Kier alpha value is -3.55. The third-order valence-electron chi connectivity index (χ3n) is 5.16. The molecule has 1 aliphatic rings. The summed E-state index contributed by atoms with van der Waals surface area (Å²) in [6.07, 6.45) is 4.97. The highest BCUT2D eigenvalue weighted by atomic mass is 16.5. The number of carbonyl (C=O) groups excluding carboxylic acids is 1. The normalized spacial score (nSPS) is 16.8. The predicted molar refractivity (Wildman–Crippen MR) is 100 cm³/mol. The second kappa shape index (κ2) is 6.56. The molecule has 0 radical (unpaired) electrons. The van der Waals surface area contributed by atoms with Crippen LogP contribution in [0.15, 0.2) is 53.3 Å².